The molecule has 0 heterocycles. The summed E-state index contributed by atoms with van der Waals surface area (Å²) in [6, 6.07) is 7.01. The lowest BCUT2D eigenvalue weighted by molar-refractivity contribution is 0.578. The average molecular weight is 270 g/mol. The maximum atomic E-state index is 11.9. The fraction of sp³-hybridized carbons (Fsp3) is 0.538. The van der Waals surface area contributed by atoms with Crippen LogP contribution in [0.2, 0.25) is 0 Å². The van der Waals surface area contributed by atoms with Crippen LogP contribution in [0.4, 0.5) is 0 Å². The van der Waals surface area contributed by atoms with Gasteiger partial charge in [-0.2, -0.15) is 0 Å². The van der Waals surface area contributed by atoms with E-state index >= 15 is 0 Å². The fourth-order valence-electron chi connectivity index (χ4n) is 1.61. The first-order chi connectivity index (χ1) is 8.60. The van der Waals surface area contributed by atoms with Crippen molar-refractivity contribution in [1.82, 2.24) is 4.72 Å². The molecule has 0 fully saturated rings. The summed E-state index contributed by atoms with van der Waals surface area (Å²) in [4.78, 5) is 0.329. The lowest BCUT2D eigenvalue weighted by atomic mass is 10.1. The fourth-order valence-corrected chi connectivity index (χ4v) is 2.68. The summed E-state index contributed by atoms with van der Waals surface area (Å²) in [5, 5.41) is 0. The highest BCUT2D eigenvalue weighted by Gasteiger charge is 2.12. The minimum atomic E-state index is -3.34. The molecule has 0 saturated carbocycles. The summed E-state index contributed by atoms with van der Waals surface area (Å²) < 4.78 is 26.4. The van der Waals surface area contributed by atoms with Crippen molar-refractivity contribution in [2.45, 2.75) is 37.5 Å². The summed E-state index contributed by atoms with van der Waals surface area (Å²) in [5.41, 5.74) is 6.56. The molecule has 0 radical (unpaired) electrons. The maximum Gasteiger partial charge on any atom is 0.240 e. The molecule has 3 N–H and O–H groups in total. The topological polar surface area (TPSA) is 72.2 Å². The van der Waals surface area contributed by atoms with Gasteiger partial charge in [-0.25, -0.2) is 13.1 Å². The molecule has 102 valence electrons. The van der Waals surface area contributed by atoms with Gasteiger partial charge in [0.25, 0.3) is 0 Å². The van der Waals surface area contributed by atoms with Crippen LogP contribution >= 0.6 is 0 Å². The third-order valence-corrected chi connectivity index (χ3v) is 4.20. The van der Waals surface area contributed by atoms with Crippen molar-refractivity contribution in [3.05, 3.63) is 29.8 Å². The lowest BCUT2D eigenvalue weighted by Gasteiger charge is -2.07. The van der Waals surface area contributed by atoms with E-state index in [4.69, 9.17) is 5.73 Å². The van der Waals surface area contributed by atoms with E-state index in [0.717, 1.165) is 31.2 Å². The van der Waals surface area contributed by atoms with Crippen molar-refractivity contribution in [2.24, 2.45) is 5.73 Å². The minimum Gasteiger partial charge on any atom is -0.330 e. The predicted molar refractivity (Wildman–Crippen MR) is 73.9 cm³/mol. The van der Waals surface area contributed by atoms with Crippen molar-refractivity contribution in [1.29, 1.82) is 0 Å². The van der Waals surface area contributed by atoms with E-state index in [1.807, 2.05) is 19.1 Å². The Hall–Kier alpha value is -0.910. The number of nitrogens with one attached hydrogen (secondary N) is 1. The van der Waals surface area contributed by atoms with Gasteiger partial charge >= 0.3 is 0 Å². The quantitative estimate of drug-likeness (QED) is 0.706. The molecule has 0 spiro atoms. The predicted octanol–water partition coefficient (Wildman–Crippen LogP) is 1.66. The van der Waals surface area contributed by atoms with E-state index in [2.05, 4.69) is 4.72 Å². The molecule has 0 aromatic heterocycles. The second-order valence-corrected chi connectivity index (χ2v) is 6.05. The first-order valence-electron chi connectivity index (χ1n) is 6.39. The van der Waals surface area contributed by atoms with Gasteiger partial charge in [0.15, 0.2) is 0 Å². The number of benzene rings is 1. The molecule has 0 saturated heterocycles. The monoisotopic (exact) mass is 270 g/mol. The van der Waals surface area contributed by atoms with E-state index in [-0.39, 0.29) is 0 Å². The molecule has 0 amide bonds. The van der Waals surface area contributed by atoms with Crippen LogP contribution in [-0.2, 0) is 16.4 Å². The molecule has 18 heavy (non-hydrogen) atoms. The molecule has 1 rings (SSSR count). The molecule has 1 aromatic rings. The highest BCUT2D eigenvalue weighted by molar-refractivity contribution is 7.89. The number of aryl methyl sites for hydroxylation is 1. The van der Waals surface area contributed by atoms with E-state index in [9.17, 15) is 8.42 Å². The van der Waals surface area contributed by atoms with Crippen molar-refractivity contribution in [3.8, 4) is 0 Å². The Morgan fingerprint density at radius 1 is 1.17 bits per heavy atom. The summed E-state index contributed by atoms with van der Waals surface area (Å²) >= 11 is 0. The Labute approximate surface area is 110 Å². The molecule has 0 aliphatic carbocycles. The van der Waals surface area contributed by atoms with Gasteiger partial charge in [0, 0.05) is 6.54 Å². The normalized spacial score (nSPS) is 11.7. The third kappa shape index (κ3) is 4.76. The van der Waals surface area contributed by atoms with Gasteiger partial charge in [-0.05, 0) is 43.5 Å². The standard InChI is InChI=1S/C13H22N2O2S/c1-2-3-11-15-18(16,17)13-8-6-12(7-9-13)5-4-10-14/h6-9,15H,2-5,10-11,14H2,1H3. The largest absolute Gasteiger partial charge is 0.330 e. The molecule has 0 aliphatic heterocycles. The minimum absolute atomic E-state index is 0.329. The van der Waals surface area contributed by atoms with Gasteiger partial charge in [-0.3, -0.25) is 0 Å². The zero-order valence-corrected chi connectivity index (χ0v) is 11.7. The molecule has 5 heteroatoms. The number of sulfonamides is 1. The summed E-state index contributed by atoms with van der Waals surface area (Å²) in [6.45, 7) is 3.17. The Kier molecular flexibility index (Phi) is 6.32. The van der Waals surface area contributed by atoms with E-state index < -0.39 is 10.0 Å². The van der Waals surface area contributed by atoms with Crippen molar-refractivity contribution in [2.75, 3.05) is 13.1 Å². The molecule has 1 aromatic carbocycles. The van der Waals surface area contributed by atoms with Crippen LogP contribution in [0.15, 0.2) is 29.2 Å². The van der Waals surface area contributed by atoms with Crippen LogP contribution < -0.4 is 10.5 Å². The number of hydrogen-bond donors (Lipinski definition) is 2. The second kappa shape index (κ2) is 7.51. The summed E-state index contributed by atoms with van der Waals surface area (Å²) in [5.74, 6) is 0. The van der Waals surface area contributed by atoms with Gasteiger partial charge in [0.2, 0.25) is 10.0 Å². The van der Waals surface area contributed by atoms with Crippen molar-refractivity contribution in [3.63, 3.8) is 0 Å². The van der Waals surface area contributed by atoms with Crippen LogP contribution in [-0.4, -0.2) is 21.5 Å². The van der Waals surface area contributed by atoms with Crippen LogP contribution in [0.1, 0.15) is 31.7 Å². The summed E-state index contributed by atoms with van der Waals surface area (Å²) in [6.07, 6.45) is 3.63. The number of rotatable bonds is 8. The summed E-state index contributed by atoms with van der Waals surface area (Å²) in [7, 11) is -3.34. The van der Waals surface area contributed by atoms with E-state index in [1.54, 1.807) is 12.1 Å². The van der Waals surface area contributed by atoms with Crippen LogP contribution in [0.25, 0.3) is 0 Å². The molecular weight excluding hydrogens is 248 g/mol. The Balaban J connectivity index is 2.65. The molecule has 0 bridgehead atoms. The smallest absolute Gasteiger partial charge is 0.240 e. The van der Waals surface area contributed by atoms with E-state index in [1.165, 1.54) is 0 Å². The second-order valence-electron chi connectivity index (χ2n) is 4.29. The van der Waals surface area contributed by atoms with Gasteiger partial charge in [0.1, 0.15) is 0 Å². The van der Waals surface area contributed by atoms with E-state index in [0.29, 0.717) is 18.0 Å². The van der Waals surface area contributed by atoms with Crippen LogP contribution in [0, 0.1) is 0 Å². The Morgan fingerprint density at radius 3 is 2.39 bits per heavy atom. The zero-order chi connectivity index (χ0) is 13.4. The number of unbranched alkanes of at least 4 members (excludes halogenated alkanes) is 1. The lowest BCUT2D eigenvalue weighted by Crippen LogP contribution is -2.24. The number of nitrogens with two attached hydrogens (primary N) is 1. The molecule has 0 aliphatic rings. The Morgan fingerprint density at radius 2 is 1.83 bits per heavy atom. The highest BCUT2D eigenvalue weighted by atomic mass is 32.2. The zero-order valence-electron chi connectivity index (χ0n) is 10.9. The maximum absolute atomic E-state index is 11.9. The SMILES string of the molecule is CCCCNS(=O)(=O)c1ccc(CCCN)cc1. The molecule has 4 nitrogen and oxygen atoms in total. The molecule has 0 unspecified atom stereocenters. The average Bonchev–Trinajstić information content (AvgIpc) is 2.37. The Bertz CT molecular complexity index is 441. The third-order valence-electron chi connectivity index (χ3n) is 2.73. The van der Waals surface area contributed by atoms with Gasteiger partial charge in [-0.1, -0.05) is 25.5 Å². The van der Waals surface area contributed by atoms with Crippen LogP contribution in [0.3, 0.4) is 0 Å². The van der Waals surface area contributed by atoms with Crippen molar-refractivity contribution >= 4 is 10.0 Å². The van der Waals surface area contributed by atoms with Crippen molar-refractivity contribution < 1.29 is 8.42 Å². The number of hydrogen-bond acceptors (Lipinski definition) is 3. The highest BCUT2D eigenvalue weighted by Crippen LogP contribution is 2.11. The molecule has 0 atom stereocenters. The van der Waals surface area contributed by atoms with Gasteiger partial charge in [0.05, 0.1) is 4.90 Å². The first kappa shape index (κ1) is 15.1. The van der Waals surface area contributed by atoms with Gasteiger partial charge < -0.3 is 5.73 Å². The first-order valence-corrected chi connectivity index (χ1v) is 7.87. The van der Waals surface area contributed by atoms with Crippen LogP contribution in [0.5, 0.6) is 0 Å². The van der Waals surface area contributed by atoms with Gasteiger partial charge in [-0.15, -0.1) is 0 Å². The molecular formula is C13H22N2O2S.